The fourth-order valence-corrected chi connectivity index (χ4v) is 3.33. The van der Waals surface area contributed by atoms with Crippen molar-refractivity contribution in [3.05, 3.63) is 42.2 Å². The number of benzene rings is 1. The number of hydrogen-bond acceptors (Lipinski definition) is 4. The molecule has 2 heterocycles. The second-order valence-electron chi connectivity index (χ2n) is 7.45. The molecule has 1 atom stereocenters. The highest BCUT2D eigenvalue weighted by molar-refractivity contribution is 5.98. The summed E-state index contributed by atoms with van der Waals surface area (Å²) in [5.41, 5.74) is 1.10. The van der Waals surface area contributed by atoms with E-state index >= 15 is 0 Å². The van der Waals surface area contributed by atoms with Gasteiger partial charge in [-0.15, -0.1) is 0 Å². The van der Waals surface area contributed by atoms with E-state index < -0.39 is 6.04 Å². The van der Waals surface area contributed by atoms with E-state index in [0.29, 0.717) is 31.2 Å². The van der Waals surface area contributed by atoms with E-state index in [9.17, 15) is 9.59 Å². The van der Waals surface area contributed by atoms with Crippen molar-refractivity contribution < 1.29 is 14.3 Å². The number of aromatic nitrogens is 2. The van der Waals surface area contributed by atoms with Gasteiger partial charge in [-0.05, 0) is 37.3 Å². The molecule has 1 aromatic carbocycles. The van der Waals surface area contributed by atoms with Crippen LogP contribution in [0.1, 0.15) is 43.6 Å². The Bertz CT molecular complexity index is 816. The van der Waals surface area contributed by atoms with Crippen molar-refractivity contribution in [2.75, 3.05) is 20.2 Å². The van der Waals surface area contributed by atoms with Crippen LogP contribution in [0.3, 0.4) is 0 Å². The molecule has 0 bridgehead atoms. The summed E-state index contributed by atoms with van der Waals surface area (Å²) < 4.78 is 7.56. The van der Waals surface area contributed by atoms with E-state index in [1.54, 1.807) is 22.8 Å². The minimum Gasteiger partial charge on any atom is -0.489 e. The molecular formula is C21H28N4O3. The monoisotopic (exact) mass is 384 g/mol. The molecule has 28 heavy (non-hydrogen) atoms. The van der Waals surface area contributed by atoms with Gasteiger partial charge in [-0.3, -0.25) is 9.59 Å². The van der Waals surface area contributed by atoms with Crippen molar-refractivity contribution in [3.8, 4) is 11.4 Å². The van der Waals surface area contributed by atoms with Gasteiger partial charge >= 0.3 is 0 Å². The van der Waals surface area contributed by atoms with E-state index in [1.165, 1.54) is 0 Å². The number of para-hydroxylation sites is 1. The number of rotatable bonds is 6. The summed E-state index contributed by atoms with van der Waals surface area (Å²) in [4.78, 5) is 27.2. The maximum Gasteiger partial charge on any atom is 0.278 e. The lowest BCUT2D eigenvalue weighted by molar-refractivity contribution is -0.126. The number of piperidine rings is 1. The normalized spacial score (nSPS) is 16.9. The summed E-state index contributed by atoms with van der Waals surface area (Å²) in [5, 5.41) is 7.19. The lowest BCUT2D eigenvalue weighted by atomic mass is 10.0. The van der Waals surface area contributed by atoms with E-state index in [2.05, 4.69) is 24.3 Å². The van der Waals surface area contributed by atoms with Crippen molar-refractivity contribution in [1.82, 2.24) is 20.0 Å². The lowest BCUT2D eigenvalue weighted by Gasteiger charge is -2.34. The molecule has 3 rings (SSSR count). The van der Waals surface area contributed by atoms with Crippen LogP contribution in [0, 0.1) is 5.92 Å². The molecule has 1 N–H and O–H groups in total. The van der Waals surface area contributed by atoms with E-state index in [4.69, 9.17) is 4.74 Å². The molecule has 0 radical (unpaired) electrons. The Hall–Kier alpha value is -2.83. The van der Waals surface area contributed by atoms with Gasteiger partial charge in [0.1, 0.15) is 6.04 Å². The fraction of sp³-hybridized carbons (Fsp3) is 0.476. The van der Waals surface area contributed by atoms with Gasteiger partial charge in [0.2, 0.25) is 5.91 Å². The van der Waals surface area contributed by atoms with Crippen LogP contribution in [0.5, 0.6) is 5.75 Å². The average Bonchev–Trinajstić information content (AvgIpc) is 3.16. The number of amides is 2. The number of carbonyl (C=O) groups is 2. The first-order valence-corrected chi connectivity index (χ1v) is 9.81. The second kappa shape index (κ2) is 8.91. The van der Waals surface area contributed by atoms with E-state index in [-0.39, 0.29) is 17.5 Å². The van der Waals surface area contributed by atoms with E-state index in [1.807, 2.05) is 30.3 Å². The third-order valence-electron chi connectivity index (χ3n) is 4.79. The predicted octanol–water partition coefficient (Wildman–Crippen LogP) is 2.65. The zero-order chi connectivity index (χ0) is 20.1. The van der Waals surface area contributed by atoms with Crippen LogP contribution < -0.4 is 10.1 Å². The Morgan fingerprint density at radius 1 is 1.25 bits per heavy atom. The number of hydrogen-bond donors (Lipinski definition) is 1. The highest BCUT2D eigenvalue weighted by Gasteiger charge is 2.34. The zero-order valence-electron chi connectivity index (χ0n) is 16.7. The molecule has 2 amide bonds. The minimum atomic E-state index is -0.467. The van der Waals surface area contributed by atoms with Crippen molar-refractivity contribution in [2.24, 2.45) is 5.92 Å². The van der Waals surface area contributed by atoms with Crippen molar-refractivity contribution >= 4 is 11.8 Å². The van der Waals surface area contributed by atoms with Crippen LogP contribution in [0.15, 0.2) is 36.5 Å². The molecule has 1 aliphatic heterocycles. The van der Waals surface area contributed by atoms with Gasteiger partial charge in [0.15, 0.2) is 11.4 Å². The molecule has 150 valence electrons. The summed E-state index contributed by atoms with van der Waals surface area (Å²) in [5.74, 6) is 0.363. The molecule has 0 saturated carbocycles. The zero-order valence-corrected chi connectivity index (χ0v) is 16.7. The first-order chi connectivity index (χ1) is 13.5. The van der Waals surface area contributed by atoms with Gasteiger partial charge in [-0.1, -0.05) is 32.0 Å². The minimum absolute atomic E-state index is 0.139. The summed E-state index contributed by atoms with van der Waals surface area (Å²) in [6.45, 7) is 5.13. The van der Waals surface area contributed by atoms with Gasteiger partial charge in [0.05, 0.1) is 18.5 Å². The molecule has 0 spiro atoms. The van der Waals surface area contributed by atoms with Crippen LogP contribution in [-0.4, -0.2) is 52.7 Å². The summed E-state index contributed by atoms with van der Waals surface area (Å²) in [6.07, 6.45) is 4.20. The number of carbonyl (C=O) groups excluding carboxylic acids is 2. The Labute approximate surface area is 165 Å². The molecule has 0 aliphatic carbocycles. The Balaban J connectivity index is 1.94. The standard InChI is InChI=1S/C21H28N4O3/c1-15(2)14-28-18-13-25(16-9-5-4-6-10-16)23-19(18)21(27)24-12-8-7-11-17(24)20(26)22-3/h4-6,9-10,13,15,17H,7-8,11-12,14H2,1-3H3,(H,22,26)/t17-/m0/s1. The van der Waals surface area contributed by atoms with Crippen LogP contribution >= 0.6 is 0 Å². The van der Waals surface area contributed by atoms with Crippen LogP contribution in [-0.2, 0) is 4.79 Å². The molecule has 0 unspecified atom stereocenters. The van der Waals surface area contributed by atoms with Crippen LogP contribution in [0.4, 0.5) is 0 Å². The maximum absolute atomic E-state index is 13.3. The van der Waals surface area contributed by atoms with Gasteiger partial charge < -0.3 is 15.0 Å². The Kier molecular flexibility index (Phi) is 6.34. The third kappa shape index (κ3) is 4.35. The quantitative estimate of drug-likeness (QED) is 0.831. The molecule has 1 aromatic heterocycles. The van der Waals surface area contributed by atoms with Gasteiger partial charge in [-0.2, -0.15) is 5.10 Å². The van der Waals surface area contributed by atoms with Crippen molar-refractivity contribution in [1.29, 1.82) is 0 Å². The SMILES string of the molecule is CNC(=O)[C@@H]1CCCCN1C(=O)c1nn(-c2ccccc2)cc1OCC(C)C. The largest absolute Gasteiger partial charge is 0.489 e. The number of ether oxygens (including phenoxy) is 1. The first kappa shape index (κ1) is 19.9. The van der Waals surface area contributed by atoms with Gasteiger partial charge in [0, 0.05) is 13.6 Å². The number of likely N-dealkylation sites (N-methyl/N-ethyl adjacent to an activating group) is 1. The lowest BCUT2D eigenvalue weighted by Crippen LogP contribution is -2.51. The van der Waals surface area contributed by atoms with Crippen LogP contribution in [0.25, 0.3) is 5.69 Å². The first-order valence-electron chi connectivity index (χ1n) is 9.81. The van der Waals surface area contributed by atoms with Crippen LogP contribution in [0.2, 0.25) is 0 Å². The maximum atomic E-state index is 13.3. The smallest absolute Gasteiger partial charge is 0.278 e. The molecule has 1 aliphatic rings. The third-order valence-corrected chi connectivity index (χ3v) is 4.79. The second-order valence-corrected chi connectivity index (χ2v) is 7.45. The van der Waals surface area contributed by atoms with Gasteiger partial charge in [-0.25, -0.2) is 4.68 Å². The van der Waals surface area contributed by atoms with Gasteiger partial charge in [0.25, 0.3) is 5.91 Å². The number of nitrogens with zero attached hydrogens (tertiary/aromatic N) is 3. The fourth-order valence-electron chi connectivity index (χ4n) is 3.33. The van der Waals surface area contributed by atoms with Crippen molar-refractivity contribution in [3.63, 3.8) is 0 Å². The highest BCUT2D eigenvalue weighted by Crippen LogP contribution is 2.26. The highest BCUT2D eigenvalue weighted by atomic mass is 16.5. The summed E-state index contributed by atoms with van der Waals surface area (Å²) in [7, 11) is 1.60. The molecular weight excluding hydrogens is 356 g/mol. The van der Waals surface area contributed by atoms with E-state index in [0.717, 1.165) is 18.5 Å². The average molecular weight is 384 g/mol. The van der Waals surface area contributed by atoms with Crippen molar-refractivity contribution in [2.45, 2.75) is 39.2 Å². The Morgan fingerprint density at radius 3 is 2.68 bits per heavy atom. The topological polar surface area (TPSA) is 76.5 Å². The molecule has 1 saturated heterocycles. The number of nitrogens with one attached hydrogen (secondary N) is 1. The molecule has 2 aromatic rings. The molecule has 1 fully saturated rings. The number of likely N-dealkylation sites (tertiary alicyclic amines) is 1. The summed E-state index contributed by atoms with van der Waals surface area (Å²) >= 11 is 0. The summed E-state index contributed by atoms with van der Waals surface area (Å²) in [6, 6.07) is 9.13. The Morgan fingerprint density at radius 2 is 2.00 bits per heavy atom. The molecule has 7 heteroatoms. The molecule has 7 nitrogen and oxygen atoms in total. The predicted molar refractivity (Wildman–Crippen MR) is 107 cm³/mol.